The zero-order valence-electron chi connectivity index (χ0n) is 7.93. The van der Waals surface area contributed by atoms with E-state index in [1.165, 1.54) is 12.0 Å². The van der Waals surface area contributed by atoms with E-state index in [4.69, 9.17) is 14.6 Å². The van der Waals surface area contributed by atoms with Crippen LogP contribution in [-0.4, -0.2) is 55.0 Å². The van der Waals surface area contributed by atoms with Crippen molar-refractivity contribution in [2.45, 2.75) is 12.5 Å². The third-order valence-electron chi connectivity index (χ3n) is 2.05. The lowest BCUT2D eigenvalue weighted by molar-refractivity contribution is -0.145. The maximum Gasteiger partial charge on any atom is 0.410 e. The second-order valence-electron chi connectivity index (χ2n) is 2.94. The fraction of sp³-hybridized carbons (Fsp3) is 0.750. The van der Waals surface area contributed by atoms with Crippen molar-refractivity contribution >= 4 is 12.1 Å². The number of rotatable bonds is 4. The smallest absolute Gasteiger partial charge is 0.410 e. The zero-order chi connectivity index (χ0) is 10.6. The molecule has 0 aromatic carbocycles. The molecule has 1 aliphatic heterocycles. The molecule has 1 N–H and O–H groups in total. The van der Waals surface area contributed by atoms with Crippen LogP contribution in [0.4, 0.5) is 4.79 Å². The number of hydrogen-bond acceptors (Lipinski definition) is 4. The van der Waals surface area contributed by atoms with Gasteiger partial charge in [-0.15, -0.1) is 0 Å². The topological polar surface area (TPSA) is 76.1 Å². The van der Waals surface area contributed by atoms with Crippen molar-refractivity contribution in [3.8, 4) is 0 Å². The van der Waals surface area contributed by atoms with Crippen LogP contribution in [0.15, 0.2) is 0 Å². The Hall–Kier alpha value is -1.30. The summed E-state index contributed by atoms with van der Waals surface area (Å²) in [6.45, 7) is 0.713. The quantitative estimate of drug-likeness (QED) is 0.692. The fourth-order valence-electron chi connectivity index (χ4n) is 1.32. The molecule has 1 heterocycles. The highest BCUT2D eigenvalue weighted by molar-refractivity contribution is 5.80. The summed E-state index contributed by atoms with van der Waals surface area (Å²) in [4.78, 5) is 23.2. The van der Waals surface area contributed by atoms with E-state index in [2.05, 4.69) is 0 Å². The number of carboxylic acid groups (broad SMARTS) is 1. The summed E-state index contributed by atoms with van der Waals surface area (Å²) in [5, 5.41) is 8.84. The van der Waals surface area contributed by atoms with Gasteiger partial charge in [0.1, 0.15) is 6.04 Å². The highest BCUT2D eigenvalue weighted by Gasteiger charge is 2.34. The molecule has 0 saturated carbocycles. The number of carbonyl (C=O) groups is 2. The van der Waals surface area contributed by atoms with Crippen LogP contribution in [0.1, 0.15) is 6.42 Å². The lowest BCUT2D eigenvalue weighted by Crippen LogP contribution is -2.50. The average molecular weight is 203 g/mol. The van der Waals surface area contributed by atoms with E-state index in [-0.39, 0.29) is 13.2 Å². The molecule has 1 aliphatic rings. The van der Waals surface area contributed by atoms with Crippen LogP contribution in [-0.2, 0) is 14.3 Å². The van der Waals surface area contributed by atoms with Gasteiger partial charge in [0.05, 0.1) is 13.2 Å². The van der Waals surface area contributed by atoms with Crippen molar-refractivity contribution in [1.82, 2.24) is 4.90 Å². The van der Waals surface area contributed by atoms with E-state index >= 15 is 0 Å². The number of cyclic esters (lactones) is 1. The van der Waals surface area contributed by atoms with Crippen molar-refractivity contribution in [3.63, 3.8) is 0 Å². The molecule has 1 amide bonds. The molecule has 0 aromatic rings. The predicted molar refractivity (Wildman–Crippen MR) is 46.0 cm³/mol. The predicted octanol–water partition coefficient (Wildman–Crippen LogP) is -0.0717. The SMILES string of the molecule is COCCN1C(=O)OCCC1C(=O)O. The lowest BCUT2D eigenvalue weighted by Gasteiger charge is -2.31. The molecule has 6 nitrogen and oxygen atoms in total. The molecule has 0 radical (unpaired) electrons. The van der Waals surface area contributed by atoms with Gasteiger partial charge in [0, 0.05) is 20.1 Å². The van der Waals surface area contributed by atoms with Crippen molar-refractivity contribution in [2.75, 3.05) is 26.9 Å². The highest BCUT2D eigenvalue weighted by Crippen LogP contribution is 2.13. The Kier molecular flexibility index (Phi) is 3.70. The molecule has 80 valence electrons. The van der Waals surface area contributed by atoms with Gasteiger partial charge in [-0.25, -0.2) is 9.59 Å². The van der Waals surface area contributed by atoms with Crippen LogP contribution < -0.4 is 0 Å². The van der Waals surface area contributed by atoms with Gasteiger partial charge >= 0.3 is 12.1 Å². The summed E-state index contributed by atoms with van der Waals surface area (Å²) in [7, 11) is 1.49. The molecule has 1 unspecified atom stereocenters. The number of carboxylic acids is 1. The molecular formula is C8H13NO5. The Bertz CT molecular complexity index is 230. The summed E-state index contributed by atoms with van der Waals surface area (Å²) in [5.41, 5.74) is 0. The first-order valence-corrected chi connectivity index (χ1v) is 4.32. The molecule has 0 aromatic heterocycles. The van der Waals surface area contributed by atoms with E-state index in [1.807, 2.05) is 0 Å². The normalized spacial score (nSPS) is 21.9. The minimum absolute atomic E-state index is 0.166. The van der Waals surface area contributed by atoms with E-state index < -0.39 is 18.1 Å². The van der Waals surface area contributed by atoms with E-state index in [1.54, 1.807) is 0 Å². The largest absolute Gasteiger partial charge is 0.480 e. The maximum atomic E-state index is 11.2. The van der Waals surface area contributed by atoms with Gasteiger partial charge in [0.25, 0.3) is 0 Å². The minimum atomic E-state index is -1.00. The third kappa shape index (κ3) is 2.35. The van der Waals surface area contributed by atoms with Gasteiger partial charge in [-0.05, 0) is 0 Å². The van der Waals surface area contributed by atoms with Crippen molar-refractivity contribution in [1.29, 1.82) is 0 Å². The van der Waals surface area contributed by atoms with Crippen LogP contribution in [0.25, 0.3) is 0 Å². The molecule has 0 spiro atoms. The first kappa shape index (κ1) is 10.8. The Morgan fingerprint density at radius 3 is 3.07 bits per heavy atom. The van der Waals surface area contributed by atoms with Gasteiger partial charge in [-0.1, -0.05) is 0 Å². The third-order valence-corrected chi connectivity index (χ3v) is 2.05. The van der Waals surface area contributed by atoms with E-state index in [0.717, 1.165) is 0 Å². The fourth-order valence-corrected chi connectivity index (χ4v) is 1.32. The van der Waals surface area contributed by atoms with Crippen LogP contribution in [0.2, 0.25) is 0 Å². The minimum Gasteiger partial charge on any atom is -0.480 e. The number of methoxy groups -OCH3 is 1. The molecule has 1 atom stereocenters. The van der Waals surface area contributed by atoms with Gasteiger partial charge in [0.2, 0.25) is 0 Å². The number of hydrogen-bond donors (Lipinski definition) is 1. The Morgan fingerprint density at radius 2 is 2.50 bits per heavy atom. The molecule has 6 heteroatoms. The Morgan fingerprint density at radius 1 is 1.79 bits per heavy atom. The standard InChI is InChI=1S/C8H13NO5/c1-13-5-3-9-6(7(10)11)2-4-14-8(9)12/h6H,2-5H2,1H3,(H,10,11). The summed E-state index contributed by atoms with van der Waals surface area (Å²) in [6.07, 6.45) is -0.258. The molecule has 14 heavy (non-hydrogen) atoms. The monoisotopic (exact) mass is 203 g/mol. The second kappa shape index (κ2) is 4.80. The van der Waals surface area contributed by atoms with Gasteiger partial charge < -0.3 is 14.6 Å². The van der Waals surface area contributed by atoms with Crippen molar-refractivity contribution in [3.05, 3.63) is 0 Å². The molecule has 0 aliphatic carbocycles. The molecule has 0 bridgehead atoms. The first-order chi connectivity index (χ1) is 6.66. The summed E-state index contributed by atoms with van der Waals surface area (Å²) in [6, 6.07) is -0.786. The number of ether oxygens (including phenoxy) is 2. The first-order valence-electron chi connectivity index (χ1n) is 4.32. The van der Waals surface area contributed by atoms with Crippen LogP contribution in [0, 0.1) is 0 Å². The van der Waals surface area contributed by atoms with Gasteiger partial charge in [0.15, 0.2) is 0 Å². The highest BCUT2D eigenvalue weighted by atomic mass is 16.6. The summed E-state index contributed by atoms with van der Waals surface area (Å²) < 4.78 is 9.51. The Labute approximate surface area is 81.4 Å². The summed E-state index contributed by atoms with van der Waals surface area (Å²) in [5.74, 6) is -1.00. The number of carbonyl (C=O) groups excluding carboxylic acids is 1. The maximum absolute atomic E-state index is 11.2. The Balaban J connectivity index is 2.61. The number of amides is 1. The lowest BCUT2D eigenvalue weighted by atomic mass is 10.1. The zero-order valence-corrected chi connectivity index (χ0v) is 7.93. The van der Waals surface area contributed by atoms with E-state index in [0.29, 0.717) is 13.0 Å². The van der Waals surface area contributed by atoms with Crippen LogP contribution in [0.3, 0.4) is 0 Å². The van der Waals surface area contributed by atoms with Crippen LogP contribution >= 0.6 is 0 Å². The number of nitrogens with zero attached hydrogens (tertiary/aromatic N) is 1. The van der Waals surface area contributed by atoms with E-state index in [9.17, 15) is 9.59 Å². The molecule has 1 saturated heterocycles. The molecular weight excluding hydrogens is 190 g/mol. The van der Waals surface area contributed by atoms with Gasteiger partial charge in [-0.2, -0.15) is 0 Å². The van der Waals surface area contributed by atoms with Crippen molar-refractivity contribution in [2.24, 2.45) is 0 Å². The average Bonchev–Trinajstić information content (AvgIpc) is 2.15. The molecule has 1 fully saturated rings. The second-order valence-corrected chi connectivity index (χ2v) is 2.94. The summed E-state index contributed by atoms with van der Waals surface area (Å²) >= 11 is 0. The van der Waals surface area contributed by atoms with Crippen LogP contribution in [0.5, 0.6) is 0 Å². The molecule has 1 rings (SSSR count). The van der Waals surface area contributed by atoms with Crippen molar-refractivity contribution < 1.29 is 24.2 Å². The van der Waals surface area contributed by atoms with Gasteiger partial charge in [-0.3, -0.25) is 4.90 Å². The number of aliphatic carboxylic acids is 1.